The van der Waals surface area contributed by atoms with Gasteiger partial charge in [0.05, 0.1) is 17.8 Å². The average molecular weight is 431 g/mol. The lowest BCUT2D eigenvalue weighted by Crippen LogP contribution is -2.17. The molecule has 28 heavy (non-hydrogen) atoms. The minimum absolute atomic E-state index is 0.128. The molecule has 0 fully saturated rings. The van der Waals surface area contributed by atoms with Crippen molar-refractivity contribution in [2.45, 2.75) is 12.9 Å². The Balaban J connectivity index is 2.10. The van der Waals surface area contributed by atoms with Crippen LogP contribution in [0.4, 0.5) is 13.2 Å². The van der Waals surface area contributed by atoms with Gasteiger partial charge in [-0.15, -0.1) is 13.2 Å². The van der Waals surface area contributed by atoms with Gasteiger partial charge in [-0.1, -0.05) is 29.3 Å². The molecule has 2 aromatic carbocycles. The van der Waals surface area contributed by atoms with E-state index in [4.69, 9.17) is 28.3 Å². The lowest BCUT2D eigenvalue weighted by atomic mass is 10.2. The second kappa shape index (κ2) is 7.73. The molecule has 0 aliphatic carbocycles. The lowest BCUT2D eigenvalue weighted by molar-refractivity contribution is -0.274. The maximum atomic E-state index is 12.5. The number of aliphatic carboxylic acids is 1. The van der Waals surface area contributed by atoms with Crippen LogP contribution in [-0.2, 0) is 11.3 Å². The van der Waals surface area contributed by atoms with Crippen molar-refractivity contribution in [2.75, 3.05) is 0 Å². The Hall–Kier alpha value is -2.71. The number of carbonyl (C=O) groups is 1. The van der Waals surface area contributed by atoms with Gasteiger partial charge < -0.3 is 9.84 Å². The summed E-state index contributed by atoms with van der Waals surface area (Å²) in [4.78, 5) is 10.8. The highest BCUT2D eigenvalue weighted by Crippen LogP contribution is 2.30. The third-order valence-corrected chi connectivity index (χ3v) is 4.29. The Labute approximate surface area is 166 Å². The molecule has 1 heterocycles. The normalized spacial score (nSPS) is 12.0. The molecule has 10 heteroatoms. The molecule has 0 saturated carbocycles. The molecular formula is C18H11Cl2F3N2O3. The standard InChI is InChI=1S/C18H11Cl2F3N2O3/c19-11-2-1-10(14(20)7-11)9-25-16-8-12(28-18(21,22)23)3-4-13(16)15(24-25)5-6-17(26)27/h1-8H,9H2,(H,26,27). The molecule has 3 aromatic rings. The van der Waals surface area contributed by atoms with E-state index >= 15 is 0 Å². The van der Waals surface area contributed by atoms with Crippen LogP contribution in [0.3, 0.4) is 0 Å². The van der Waals surface area contributed by atoms with Crippen molar-refractivity contribution in [3.8, 4) is 5.75 Å². The summed E-state index contributed by atoms with van der Waals surface area (Å²) >= 11 is 12.0. The van der Waals surface area contributed by atoms with Crippen molar-refractivity contribution in [1.82, 2.24) is 9.78 Å². The first-order chi connectivity index (χ1) is 13.1. The second-order valence-corrected chi connectivity index (χ2v) is 6.52. The molecule has 0 radical (unpaired) electrons. The van der Waals surface area contributed by atoms with Gasteiger partial charge in [-0.05, 0) is 35.9 Å². The van der Waals surface area contributed by atoms with Gasteiger partial charge in [-0.25, -0.2) is 4.79 Å². The van der Waals surface area contributed by atoms with Crippen LogP contribution in [0.2, 0.25) is 10.0 Å². The maximum Gasteiger partial charge on any atom is 0.573 e. The highest BCUT2D eigenvalue weighted by Gasteiger charge is 2.31. The van der Waals surface area contributed by atoms with Crippen molar-refractivity contribution < 1.29 is 27.8 Å². The highest BCUT2D eigenvalue weighted by molar-refractivity contribution is 6.35. The number of halogens is 5. The van der Waals surface area contributed by atoms with Crippen LogP contribution in [-0.4, -0.2) is 27.2 Å². The van der Waals surface area contributed by atoms with Crippen molar-refractivity contribution in [3.05, 3.63) is 63.8 Å². The predicted octanol–water partition coefficient (Wildman–Crippen LogP) is 5.39. The number of alkyl halides is 3. The zero-order valence-electron chi connectivity index (χ0n) is 13.9. The molecule has 0 aliphatic rings. The summed E-state index contributed by atoms with van der Waals surface area (Å²) in [6, 6.07) is 8.52. The summed E-state index contributed by atoms with van der Waals surface area (Å²) in [7, 11) is 0. The van der Waals surface area contributed by atoms with Gasteiger partial charge in [0.2, 0.25) is 0 Å². The number of aromatic nitrogens is 2. The third kappa shape index (κ3) is 4.76. The van der Waals surface area contributed by atoms with Gasteiger partial charge in [-0.2, -0.15) is 5.10 Å². The summed E-state index contributed by atoms with van der Waals surface area (Å²) in [5, 5.41) is 14.4. The number of carboxylic acid groups (broad SMARTS) is 1. The second-order valence-electron chi connectivity index (χ2n) is 5.68. The van der Waals surface area contributed by atoms with Crippen LogP contribution >= 0.6 is 23.2 Å². The van der Waals surface area contributed by atoms with E-state index in [2.05, 4.69) is 9.84 Å². The van der Waals surface area contributed by atoms with E-state index in [1.807, 2.05) is 0 Å². The van der Waals surface area contributed by atoms with Crippen molar-refractivity contribution in [1.29, 1.82) is 0 Å². The largest absolute Gasteiger partial charge is 0.573 e. The molecule has 1 N–H and O–H groups in total. The van der Waals surface area contributed by atoms with Crippen molar-refractivity contribution in [3.63, 3.8) is 0 Å². The number of fused-ring (bicyclic) bond motifs is 1. The summed E-state index contributed by atoms with van der Waals surface area (Å²) in [6.07, 6.45) is -2.69. The van der Waals surface area contributed by atoms with Gasteiger partial charge in [0, 0.05) is 27.6 Å². The van der Waals surface area contributed by atoms with E-state index in [9.17, 15) is 18.0 Å². The minimum Gasteiger partial charge on any atom is -0.478 e. The zero-order valence-corrected chi connectivity index (χ0v) is 15.4. The first-order valence-corrected chi connectivity index (χ1v) is 8.49. The van der Waals surface area contributed by atoms with Crippen molar-refractivity contribution >= 4 is 46.2 Å². The van der Waals surface area contributed by atoms with Crippen LogP contribution in [0, 0.1) is 0 Å². The zero-order chi connectivity index (χ0) is 20.5. The van der Waals surface area contributed by atoms with E-state index in [0.717, 1.165) is 12.1 Å². The van der Waals surface area contributed by atoms with E-state index < -0.39 is 18.1 Å². The van der Waals surface area contributed by atoms with E-state index in [-0.39, 0.29) is 12.2 Å². The third-order valence-electron chi connectivity index (χ3n) is 3.70. The number of rotatable bonds is 5. The molecule has 146 valence electrons. The number of hydrogen-bond acceptors (Lipinski definition) is 3. The lowest BCUT2D eigenvalue weighted by Gasteiger charge is -2.10. The number of benzene rings is 2. The maximum absolute atomic E-state index is 12.5. The van der Waals surface area contributed by atoms with Crippen LogP contribution < -0.4 is 4.74 Å². The van der Waals surface area contributed by atoms with E-state index in [0.29, 0.717) is 26.5 Å². The quantitative estimate of drug-likeness (QED) is 0.551. The Morgan fingerprint density at radius 1 is 1.21 bits per heavy atom. The number of ether oxygens (including phenoxy) is 1. The summed E-state index contributed by atoms with van der Waals surface area (Å²) in [5.74, 6) is -1.60. The molecular weight excluding hydrogens is 420 g/mol. The van der Waals surface area contributed by atoms with Gasteiger partial charge >= 0.3 is 12.3 Å². The minimum atomic E-state index is -4.84. The van der Waals surface area contributed by atoms with E-state index in [1.54, 1.807) is 12.1 Å². The van der Waals surface area contributed by atoms with E-state index in [1.165, 1.54) is 29.0 Å². The summed E-state index contributed by atoms with van der Waals surface area (Å²) < 4.78 is 43.0. The SMILES string of the molecule is O=C(O)C=Cc1nn(Cc2ccc(Cl)cc2Cl)c2cc(OC(F)(F)F)ccc12. The Bertz CT molecular complexity index is 1080. The molecule has 0 spiro atoms. The molecule has 0 atom stereocenters. The van der Waals surface area contributed by atoms with Crippen LogP contribution in [0.1, 0.15) is 11.3 Å². The molecule has 3 rings (SSSR count). The Kier molecular flexibility index (Phi) is 5.53. The fraction of sp³-hybridized carbons (Fsp3) is 0.111. The fourth-order valence-electron chi connectivity index (χ4n) is 2.58. The summed E-state index contributed by atoms with van der Waals surface area (Å²) in [5.41, 5.74) is 1.23. The van der Waals surface area contributed by atoms with Gasteiger partial charge in [0.1, 0.15) is 5.75 Å². The van der Waals surface area contributed by atoms with Gasteiger partial charge in [-0.3, -0.25) is 4.68 Å². The smallest absolute Gasteiger partial charge is 0.478 e. The van der Waals surface area contributed by atoms with Gasteiger partial charge in [0.15, 0.2) is 0 Å². The molecule has 0 unspecified atom stereocenters. The molecule has 0 amide bonds. The topological polar surface area (TPSA) is 64.3 Å². The molecule has 0 saturated heterocycles. The van der Waals surface area contributed by atoms with Crippen molar-refractivity contribution in [2.24, 2.45) is 0 Å². The first-order valence-electron chi connectivity index (χ1n) is 7.73. The molecule has 1 aromatic heterocycles. The van der Waals surface area contributed by atoms with Gasteiger partial charge in [0.25, 0.3) is 0 Å². The first kappa shape index (κ1) is 20.0. The number of carboxylic acids is 1. The van der Waals surface area contributed by atoms with Crippen LogP contribution in [0.25, 0.3) is 17.0 Å². The average Bonchev–Trinajstić information content (AvgIpc) is 2.91. The molecule has 0 bridgehead atoms. The fourth-order valence-corrected chi connectivity index (χ4v) is 3.05. The number of hydrogen-bond donors (Lipinski definition) is 1. The Morgan fingerprint density at radius 2 is 1.96 bits per heavy atom. The molecule has 0 aliphatic heterocycles. The summed E-state index contributed by atoms with van der Waals surface area (Å²) in [6.45, 7) is 0.128. The monoisotopic (exact) mass is 430 g/mol. The predicted molar refractivity (Wildman–Crippen MR) is 98.6 cm³/mol. The molecule has 5 nitrogen and oxygen atoms in total. The van der Waals surface area contributed by atoms with Crippen LogP contribution in [0.15, 0.2) is 42.5 Å². The highest BCUT2D eigenvalue weighted by atomic mass is 35.5. The Morgan fingerprint density at radius 3 is 2.61 bits per heavy atom. The van der Waals surface area contributed by atoms with Crippen LogP contribution in [0.5, 0.6) is 5.75 Å². The number of nitrogens with zero attached hydrogens (tertiary/aromatic N) is 2.